The highest BCUT2D eigenvalue weighted by Gasteiger charge is 2.44. The Morgan fingerprint density at radius 1 is 0.806 bits per heavy atom. The van der Waals surface area contributed by atoms with Crippen LogP contribution in [0.4, 0.5) is 11.4 Å². The second-order valence-electron chi connectivity index (χ2n) is 7.64. The summed E-state index contributed by atoms with van der Waals surface area (Å²) in [4.78, 5) is 30.6. The van der Waals surface area contributed by atoms with E-state index in [1.807, 2.05) is 30.0 Å². The first-order valence-corrected chi connectivity index (χ1v) is 10.7. The third-order valence-corrected chi connectivity index (χ3v) is 6.24. The highest BCUT2D eigenvalue weighted by atomic mass is 35.5. The topological polar surface area (TPSA) is 40.6 Å². The summed E-state index contributed by atoms with van der Waals surface area (Å²) in [5, 5.41) is 1.12. The summed E-state index contributed by atoms with van der Waals surface area (Å²) in [7, 11) is 0. The molecule has 5 rings (SSSR count). The summed E-state index contributed by atoms with van der Waals surface area (Å²) in [5.74, 6) is -0.686. The van der Waals surface area contributed by atoms with Gasteiger partial charge in [0.25, 0.3) is 11.8 Å². The first-order chi connectivity index (χ1) is 15.0. The van der Waals surface area contributed by atoms with Crippen molar-refractivity contribution >= 4 is 52.0 Å². The molecule has 154 valence electrons. The van der Waals surface area contributed by atoms with Gasteiger partial charge in [-0.3, -0.25) is 9.59 Å². The van der Waals surface area contributed by atoms with Gasteiger partial charge in [-0.15, -0.1) is 0 Å². The number of hydrogen-bond donors (Lipinski definition) is 0. The molecule has 2 amide bonds. The molecule has 0 N–H and O–H groups in total. The number of rotatable bonds is 3. The van der Waals surface area contributed by atoms with Gasteiger partial charge >= 0.3 is 0 Å². The lowest BCUT2D eigenvalue weighted by Gasteiger charge is -2.22. The van der Waals surface area contributed by atoms with Gasteiger partial charge in [-0.1, -0.05) is 53.5 Å². The van der Waals surface area contributed by atoms with Crippen LogP contribution in [-0.2, 0) is 16.0 Å². The molecule has 0 radical (unpaired) electrons. The molecule has 2 heterocycles. The SMILES string of the molecule is Cc1cc(Cl)ccc1N1C(=O)C(c2ccc(Cl)cc2)=C(N2CCc3ccccc32)C1=O. The largest absolute Gasteiger partial charge is 0.336 e. The first kappa shape index (κ1) is 19.9. The number of imide groups is 1. The lowest BCUT2D eigenvalue weighted by atomic mass is 10.0. The Labute approximate surface area is 190 Å². The lowest BCUT2D eigenvalue weighted by Crippen LogP contribution is -2.35. The zero-order valence-electron chi connectivity index (χ0n) is 16.7. The normalized spacial score (nSPS) is 15.8. The van der Waals surface area contributed by atoms with Crippen molar-refractivity contribution < 1.29 is 9.59 Å². The number of fused-ring (bicyclic) bond motifs is 1. The zero-order valence-corrected chi connectivity index (χ0v) is 18.2. The summed E-state index contributed by atoms with van der Waals surface area (Å²) >= 11 is 12.2. The number of para-hydroxylation sites is 1. The Bertz CT molecular complexity index is 1260. The highest BCUT2D eigenvalue weighted by Crippen LogP contribution is 2.41. The quantitative estimate of drug-likeness (QED) is 0.486. The molecule has 6 heteroatoms. The summed E-state index contributed by atoms with van der Waals surface area (Å²) in [6, 6.07) is 20.2. The predicted octanol–water partition coefficient (Wildman–Crippen LogP) is 5.65. The van der Waals surface area contributed by atoms with Gasteiger partial charge in [0.05, 0.1) is 11.3 Å². The molecular formula is C25H18Cl2N2O2. The number of anilines is 2. The standard InChI is InChI=1S/C25H18Cl2N2O2/c1-15-14-19(27)10-11-20(15)29-24(30)22(17-6-8-18(26)9-7-17)23(25(29)31)28-13-12-16-4-2-3-5-21(16)28/h2-11,14H,12-13H2,1H3. The molecule has 0 spiro atoms. The minimum atomic E-state index is -0.350. The van der Waals surface area contributed by atoms with Crippen LogP contribution in [0.2, 0.25) is 10.0 Å². The number of benzene rings is 3. The van der Waals surface area contributed by atoms with Gasteiger partial charge in [0, 0.05) is 22.3 Å². The molecule has 3 aromatic carbocycles. The predicted molar refractivity (Wildman–Crippen MR) is 125 cm³/mol. The average molecular weight is 449 g/mol. The maximum absolute atomic E-state index is 13.7. The molecule has 0 aliphatic carbocycles. The fourth-order valence-electron chi connectivity index (χ4n) is 4.30. The molecule has 4 nitrogen and oxygen atoms in total. The summed E-state index contributed by atoms with van der Waals surface area (Å²) < 4.78 is 0. The monoisotopic (exact) mass is 448 g/mol. The maximum Gasteiger partial charge on any atom is 0.282 e. The van der Waals surface area contributed by atoms with Crippen molar-refractivity contribution in [2.75, 3.05) is 16.3 Å². The van der Waals surface area contributed by atoms with Crippen LogP contribution in [0.25, 0.3) is 5.57 Å². The van der Waals surface area contributed by atoms with Gasteiger partial charge in [-0.05, 0) is 66.4 Å². The molecule has 3 aromatic rings. The van der Waals surface area contributed by atoms with Gasteiger partial charge in [-0.2, -0.15) is 0 Å². The first-order valence-electron chi connectivity index (χ1n) is 9.96. The molecule has 0 unspecified atom stereocenters. The van der Waals surface area contributed by atoms with Crippen LogP contribution in [0, 0.1) is 6.92 Å². The van der Waals surface area contributed by atoms with E-state index < -0.39 is 0 Å². The second kappa shape index (κ2) is 7.56. The van der Waals surface area contributed by atoms with Crippen molar-refractivity contribution in [1.29, 1.82) is 0 Å². The Balaban J connectivity index is 1.70. The van der Waals surface area contributed by atoms with E-state index in [4.69, 9.17) is 23.2 Å². The molecule has 2 aliphatic heterocycles. The van der Waals surface area contributed by atoms with Gasteiger partial charge in [-0.25, -0.2) is 4.90 Å². The Morgan fingerprint density at radius 2 is 1.52 bits per heavy atom. The fourth-order valence-corrected chi connectivity index (χ4v) is 4.66. The second-order valence-corrected chi connectivity index (χ2v) is 8.51. The van der Waals surface area contributed by atoms with Crippen LogP contribution in [-0.4, -0.2) is 18.4 Å². The van der Waals surface area contributed by atoms with Crippen LogP contribution >= 0.6 is 23.2 Å². The van der Waals surface area contributed by atoms with Gasteiger partial charge in [0.2, 0.25) is 0 Å². The molecule has 2 aliphatic rings. The van der Waals surface area contributed by atoms with Crippen molar-refractivity contribution in [2.24, 2.45) is 0 Å². The molecule has 0 fully saturated rings. The van der Waals surface area contributed by atoms with E-state index >= 15 is 0 Å². The molecule has 0 saturated carbocycles. The van der Waals surface area contributed by atoms with E-state index in [0.29, 0.717) is 39.1 Å². The highest BCUT2D eigenvalue weighted by molar-refractivity contribution is 6.46. The summed E-state index contributed by atoms with van der Waals surface area (Å²) in [5.41, 5.74) is 4.85. The fraction of sp³-hybridized carbons (Fsp3) is 0.120. The molecule has 0 aromatic heterocycles. The van der Waals surface area contributed by atoms with E-state index in [1.54, 1.807) is 42.5 Å². The van der Waals surface area contributed by atoms with E-state index in [0.717, 1.165) is 23.2 Å². The maximum atomic E-state index is 13.7. The van der Waals surface area contributed by atoms with E-state index in [1.165, 1.54) is 4.90 Å². The number of carbonyl (C=O) groups is 2. The number of carbonyl (C=O) groups excluding carboxylic acids is 2. The smallest absolute Gasteiger partial charge is 0.282 e. The molecule has 0 bridgehead atoms. The summed E-state index contributed by atoms with van der Waals surface area (Å²) in [6.07, 6.45) is 0.814. The Kier molecular flexibility index (Phi) is 4.84. The summed E-state index contributed by atoms with van der Waals surface area (Å²) in [6.45, 7) is 2.48. The van der Waals surface area contributed by atoms with Crippen molar-refractivity contribution in [3.63, 3.8) is 0 Å². The van der Waals surface area contributed by atoms with E-state index in [-0.39, 0.29) is 11.8 Å². The molecule has 0 saturated heterocycles. The van der Waals surface area contributed by atoms with Crippen LogP contribution in [0.3, 0.4) is 0 Å². The Hall–Kier alpha value is -3.08. The number of aryl methyl sites for hydroxylation is 1. The molecule has 31 heavy (non-hydrogen) atoms. The van der Waals surface area contributed by atoms with Crippen LogP contribution < -0.4 is 9.80 Å². The number of hydrogen-bond acceptors (Lipinski definition) is 3. The number of amides is 2. The van der Waals surface area contributed by atoms with Crippen molar-refractivity contribution in [2.45, 2.75) is 13.3 Å². The van der Waals surface area contributed by atoms with Crippen molar-refractivity contribution in [3.05, 3.63) is 99.2 Å². The third kappa shape index (κ3) is 3.23. The lowest BCUT2D eigenvalue weighted by molar-refractivity contribution is -0.120. The Morgan fingerprint density at radius 3 is 2.26 bits per heavy atom. The zero-order chi connectivity index (χ0) is 21.7. The minimum Gasteiger partial charge on any atom is -0.336 e. The van der Waals surface area contributed by atoms with Gasteiger partial charge in [0.1, 0.15) is 5.70 Å². The van der Waals surface area contributed by atoms with Crippen molar-refractivity contribution in [3.8, 4) is 0 Å². The van der Waals surface area contributed by atoms with Gasteiger partial charge < -0.3 is 4.90 Å². The van der Waals surface area contributed by atoms with Crippen LogP contribution in [0.5, 0.6) is 0 Å². The van der Waals surface area contributed by atoms with Crippen LogP contribution in [0.1, 0.15) is 16.7 Å². The average Bonchev–Trinajstić information content (AvgIpc) is 3.28. The van der Waals surface area contributed by atoms with E-state index in [9.17, 15) is 9.59 Å². The van der Waals surface area contributed by atoms with Crippen LogP contribution in [0.15, 0.2) is 72.4 Å². The van der Waals surface area contributed by atoms with E-state index in [2.05, 4.69) is 6.07 Å². The third-order valence-electron chi connectivity index (χ3n) is 5.75. The molecular weight excluding hydrogens is 431 g/mol. The number of halogens is 2. The molecule has 0 atom stereocenters. The van der Waals surface area contributed by atoms with Gasteiger partial charge in [0.15, 0.2) is 0 Å². The minimum absolute atomic E-state index is 0.336. The van der Waals surface area contributed by atoms with Crippen molar-refractivity contribution in [1.82, 2.24) is 0 Å². The number of nitrogens with zero attached hydrogens (tertiary/aromatic N) is 2.